The predicted molar refractivity (Wildman–Crippen MR) is 61.6 cm³/mol. The molecular weight excluding hydrogens is 202 g/mol. The van der Waals surface area contributed by atoms with E-state index in [1.165, 1.54) is 0 Å². The van der Waals surface area contributed by atoms with Gasteiger partial charge in [0, 0.05) is 11.3 Å². The molecule has 2 heterocycles. The zero-order chi connectivity index (χ0) is 11.1. The standard InChI is InChI=1S/C12H13N3O/c1-7-11-10(6-16-7)14-12(15-11)8-3-2-4-9(13)5-8/h2-5,7H,6,13H2,1H3,(H,14,15). The summed E-state index contributed by atoms with van der Waals surface area (Å²) in [6.45, 7) is 2.63. The van der Waals surface area contributed by atoms with Gasteiger partial charge in [0.1, 0.15) is 5.82 Å². The highest BCUT2D eigenvalue weighted by atomic mass is 16.5. The second kappa shape index (κ2) is 3.35. The average Bonchev–Trinajstić information content (AvgIpc) is 2.81. The number of imidazole rings is 1. The molecule has 3 N–H and O–H groups in total. The summed E-state index contributed by atoms with van der Waals surface area (Å²) in [5.41, 5.74) is 9.60. The van der Waals surface area contributed by atoms with Crippen LogP contribution in [-0.2, 0) is 11.3 Å². The number of aromatic amines is 1. The Bertz CT molecular complexity index is 533. The number of nitrogens with two attached hydrogens (primary N) is 1. The van der Waals surface area contributed by atoms with Crippen molar-refractivity contribution >= 4 is 5.69 Å². The van der Waals surface area contributed by atoms with E-state index >= 15 is 0 Å². The Morgan fingerprint density at radius 2 is 2.38 bits per heavy atom. The first-order valence-corrected chi connectivity index (χ1v) is 5.30. The van der Waals surface area contributed by atoms with E-state index in [1.807, 2.05) is 31.2 Å². The fourth-order valence-corrected chi connectivity index (χ4v) is 1.98. The summed E-state index contributed by atoms with van der Waals surface area (Å²) in [6, 6.07) is 7.71. The van der Waals surface area contributed by atoms with Gasteiger partial charge in [0.05, 0.1) is 24.1 Å². The number of fused-ring (bicyclic) bond motifs is 1. The first-order chi connectivity index (χ1) is 7.74. The highest BCUT2D eigenvalue weighted by Gasteiger charge is 2.24. The maximum absolute atomic E-state index is 5.75. The number of benzene rings is 1. The fraction of sp³-hybridized carbons (Fsp3) is 0.250. The van der Waals surface area contributed by atoms with Crippen molar-refractivity contribution in [2.45, 2.75) is 19.6 Å². The molecule has 82 valence electrons. The van der Waals surface area contributed by atoms with Crippen molar-refractivity contribution in [3.8, 4) is 11.4 Å². The van der Waals surface area contributed by atoms with E-state index in [2.05, 4.69) is 9.97 Å². The molecule has 1 aliphatic rings. The van der Waals surface area contributed by atoms with Crippen LogP contribution in [-0.4, -0.2) is 9.97 Å². The number of ether oxygens (including phenoxy) is 1. The van der Waals surface area contributed by atoms with E-state index in [0.29, 0.717) is 6.61 Å². The third-order valence-corrected chi connectivity index (χ3v) is 2.83. The number of anilines is 1. The molecule has 0 radical (unpaired) electrons. The van der Waals surface area contributed by atoms with Crippen LogP contribution in [0.15, 0.2) is 24.3 Å². The Balaban J connectivity index is 2.05. The first-order valence-electron chi connectivity index (χ1n) is 5.30. The average molecular weight is 215 g/mol. The number of nitrogen functional groups attached to an aromatic ring is 1. The summed E-state index contributed by atoms with van der Waals surface area (Å²) in [5.74, 6) is 0.868. The molecule has 0 saturated heterocycles. The fourth-order valence-electron chi connectivity index (χ4n) is 1.98. The molecule has 1 aromatic heterocycles. The van der Waals surface area contributed by atoms with Crippen LogP contribution in [0.25, 0.3) is 11.4 Å². The molecule has 16 heavy (non-hydrogen) atoms. The topological polar surface area (TPSA) is 63.9 Å². The van der Waals surface area contributed by atoms with Gasteiger partial charge in [0.15, 0.2) is 0 Å². The lowest BCUT2D eigenvalue weighted by Gasteiger charge is -2.01. The summed E-state index contributed by atoms with van der Waals surface area (Å²) < 4.78 is 5.46. The van der Waals surface area contributed by atoms with E-state index in [4.69, 9.17) is 10.5 Å². The molecule has 0 spiro atoms. The molecule has 0 bridgehead atoms. The zero-order valence-corrected chi connectivity index (χ0v) is 9.03. The minimum absolute atomic E-state index is 0.0843. The van der Waals surface area contributed by atoms with Crippen molar-refractivity contribution in [1.29, 1.82) is 0 Å². The monoisotopic (exact) mass is 215 g/mol. The van der Waals surface area contributed by atoms with Crippen LogP contribution in [0.1, 0.15) is 24.4 Å². The summed E-state index contributed by atoms with van der Waals surface area (Å²) in [6.07, 6.45) is 0.0843. The van der Waals surface area contributed by atoms with Gasteiger partial charge in [0.2, 0.25) is 0 Å². The Labute approximate surface area is 93.5 Å². The molecule has 1 aromatic carbocycles. The van der Waals surface area contributed by atoms with Gasteiger partial charge in [-0.25, -0.2) is 4.98 Å². The second-order valence-corrected chi connectivity index (χ2v) is 4.03. The Hall–Kier alpha value is -1.81. The lowest BCUT2D eigenvalue weighted by atomic mass is 10.2. The largest absolute Gasteiger partial charge is 0.399 e. The van der Waals surface area contributed by atoms with Crippen LogP contribution in [0.5, 0.6) is 0 Å². The normalized spacial score (nSPS) is 18.7. The van der Waals surface area contributed by atoms with E-state index in [1.54, 1.807) is 0 Å². The van der Waals surface area contributed by atoms with Gasteiger partial charge < -0.3 is 15.5 Å². The van der Waals surface area contributed by atoms with Crippen molar-refractivity contribution in [2.24, 2.45) is 0 Å². The van der Waals surface area contributed by atoms with Crippen LogP contribution >= 0.6 is 0 Å². The van der Waals surface area contributed by atoms with Crippen molar-refractivity contribution < 1.29 is 4.74 Å². The van der Waals surface area contributed by atoms with Gasteiger partial charge in [-0.2, -0.15) is 0 Å². The maximum atomic E-state index is 5.75. The Morgan fingerprint density at radius 1 is 1.50 bits per heavy atom. The minimum atomic E-state index is 0.0843. The van der Waals surface area contributed by atoms with Crippen molar-refractivity contribution in [2.75, 3.05) is 5.73 Å². The number of nitrogens with one attached hydrogen (secondary N) is 1. The number of nitrogens with zero attached hydrogens (tertiary/aromatic N) is 1. The molecule has 4 nitrogen and oxygen atoms in total. The van der Waals surface area contributed by atoms with Crippen LogP contribution in [0, 0.1) is 0 Å². The second-order valence-electron chi connectivity index (χ2n) is 4.03. The minimum Gasteiger partial charge on any atom is -0.399 e. The smallest absolute Gasteiger partial charge is 0.138 e. The molecule has 0 amide bonds. The number of rotatable bonds is 1. The van der Waals surface area contributed by atoms with Crippen molar-refractivity contribution in [3.63, 3.8) is 0 Å². The van der Waals surface area contributed by atoms with Crippen LogP contribution in [0.3, 0.4) is 0 Å². The highest BCUT2D eigenvalue weighted by molar-refractivity contribution is 5.61. The van der Waals surface area contributed by atoms with E-state index in [0.717, 1.165) is 28.5 Å². The predicted octanol–water partition coefficient (Wildman–Crippen LogP) is 2.25. The maximum Gasteiger partial charge on any atom is 0.138 e. The zero-order valence-electron chi connectivity index (χ0n) is 9.03. The lowest BCUT2D eigenvalue weighted by Crippen LogP contribution is -1.91. The number of hydrogen-bond acceptors (Lipinski definition) is 3. The van der Waals surface area contributed by atoms with Gasteiger partial charge >= 0.3 is 0 Å². The number of aromatic nitrogens is 2. The van der Waals surface area contributed by atoms with Crippen LogP contribution in [0.4, 0.5) is 5.69 Å². The van der Waals surface area contributed by atoms with Gasteiger partial charge in [-0.15, -0.1) is 0 Å². The van der Waals surface area contributed by atoms with Crippen LogP contribution < -0.4 is 5.73 Å². The quantitative estimate of drug-likeness (QED) is 0.717. The molecular formula is C12H13N3O. The molecule has 0 aliphatic carbocycles. The van der Waals surface area contributed by atoms with Gasteiger partial charge in [-0.05, 0) is 19.1 Å². The molecule has 4 heteroatoms. The molecule has 0 fully saturated rings. The summed E-state index contributed by atoms with van der Waals surface area (Å²) in [5, 5.41) is 0. The van der Waals surface area contributed by atoms with E-state index in [-0.39, 0.29) is 6.10 Å². The van der Waals surface area contributed by atoms with E-state index in [9.17, 15) is 0 Å². The Kier molecular flexibility index (Phi) is 1.97. The first kappa shape index (κ1) is 9.42. The number of H-pyrrole nitrogens is 1. The van der Waals surface area contributed by atoms with Crippen molar-refractivity contribution in [3.05, 3.63) is 35.7 Å². The Morgan fingerprint density at radius 3 is 3.12 bits per heavy atom. The molecule has 2 aromatic rings. The SMILES string of the molecule is CC1OCc2[nH]c(-c3cccc(N)c3)nc21. The summed E-state index contributed by atoms with van der Waals surface area (Å²) in [7, 11) is 0. The van der Waals surface area contributed by atoms with Crippen molar-refractivity contribution in [1.82, 2.24) is 9.97 Å². The van der Waals surface area contributed by atoms with Gasteiger partial charge in [-0.1, -0.05) is 12.1 Å². The van der Waals surface area contributed by atoms with Gasteiger partial charge in [0.25, 0.3) is 0 Å². The van der Waals surface area contributed by atoms with E-state index < -0.39 is 0 Å². The van der Waals surface area contributed by atoms with Crippen LogP contribution in [0.2, 0.25) is 0 Å². The molecule has 0 saturated carbocycles. The summed E-state index contributed by atoms with van der Waals surface area (Å²) >= 11 is 0. The highest BCUT2D eigenvalue weighted by Crippen LogP contribution is 2.30. The third-order valence-electron chi connectivity index (χ3n) is 2.83. The molecule has 1 atom stereocenters. The third kappa shape index (κ3) is 1.39. The lowest BCUT2D eigenvalue weighted by molar-refractivity contribution is 0.0762. The molecule has 1 unspecified atom stereocenters. The van der Waals surface area contributed by atoms with Gasteiger partial charge in [-0.3, -0.25) is 0 Å². The molecule has 1 aliphatic heterocycles. The number of hydrogen-bond donors (Lipinski definition) is 2. The molecule has 3 rings (SSSR count). The summed E-state index contributed by atoms with van der Waals surface area (Å²) in [4.78, 5) is 7.82.